The molecule has 27 heavy (non-hydrogen) atoms. The molecule has 2 aromatic rings. The number of aromatic nitrogens is 1. The summed E-state index contributed by atoms with van der Waals surface area (Å²) in [6.07, 6.45) is 1.65. The van der Waals surface area contributed by atoms with Crippen molar-refractivity contribution in [1.82, 2.24) is 14.2 Å². The Labute approximate surface area is 164 Å². The topological polar surface area (TPSA) is 72.0 Å². The molecule has 1 fully saturated rings. The van der Waals surface area contributed by atoms with Crippen LogP contribution in [0, 0.1) is 0 Å². The normalized spacial score (nSPS) is 16.3. The Kier molecular flexibility index (Phi) is 6.21. The van der Waals surface area contributed by atoms with E-state index in [2.05, 4.69) is 9.88 Å². The number of pyridine rings is 1. The van der Waals surface area contributed by atoms with Crippen molar-refractivity contribution in [2.75, 3.05) is 40.4 Å². The summed E-state index contributed by atoms with van der Waals surface area (Å²) >= 11 is 6.12. The first-order valence-corrected chi connectivity index (χ1v) is 10.3. The Morgan fingerprint density at radius 2 is 1.85 bits per heavy atom. The molecular weight excluding hydrogens is 390 g/mol. The van der Waals surface area contributed by atoms with Gasteiger partial charge in [-0.25, -0.2) is 13.4 Å². The molecule has 0 N–H and O–H groups in total. The summed E-state index contributed by atoms with van der Waals surface area (Å²) in [6.45, 7) is 2.64. The average molecular weight is 412 g/mol. The van der Waals surface area contributed by atoms with E-state index in [1.54, 1.807) is 18.3 Å². The van der Waals surface area contributed by atoms with Crippen LogP contribution >= 0.6 is 11.6 Å². The number of halogens is 1. The molecule has 0 unspecified atom stereocenters. The molecule has 1 aromatic heterocycles. The van der Waals surface area contributed by atoms with Crippen molar-refractivity contribution < 1.29 is 17.9 Å². The number of rotatable bonds is 6. The first-order valence-electron chi connectivity index (χ1n) is 8.49. The van der Waals surface area contributed by atoms with Crippen molar-refractivity contribution in [1.29, 1.82) is 0 Å². The molecule has 0 amide bonds. The zero-order chi connectivity index (χ0) is 19.4. The third kappa shape index (κ3) is 4.35. The Hall–Kier alpha value is -1.87. The highest BCUT2D eigenvalue weighted by molar-refractivity contribution is 7.89. The minimum atomic E-state index is -3.68. The molecular formula is C18H22ClN3O4S. The largest absolute Gasteiger partial charge is 0.497 e. The van der Waals surface area contributed by atoms with Crippen molar-refractivity contribution in [3.8, 4) is 11.5 Å². The van der Waals surface area contributed by atoms with Crippen LogP contribution < -0.4 is 9.47 Å². The minimum Gasteiger partial charge on any atom is -0.497 e. The summed E-state index contributed by atoms with van der Waals surface area (Å²) in [6, 6.07) is 8.55. The highest BCUT2D eigenvalue weighted by atomic mass is 35.5. The predicted octanol–water partition coefficient (Wildman–Crippen LogP) is 2.26. The fraction of sp³-hybridized carbons (Fsp3) is 0.389. The molecule has 1 aromatic carbocycles. The monoisotopic (exact) mass is 411 g/mol. The predicted molar refractivity (Wildman–Crippen MR) is 103 cm³/mol. The minimum absolute atomic E-state index is 0.119. The summed E-state index contributed by atoms with van der Waals surface area (Å²) in [7, 11) is -0.723. The number of nitrogens with zero attached hydrogens (tertiary/aromatic N) is 3. The summed E-state index contributed by atoms with van der Waals surface area (Å²) in [5, 5.41) is 0.480. The Morgan fingerprint density at radius 1 is 1.11 bits per heavy atom. The van der Waals surface area contributed by atoms with Gasteiger partial charge in [-0.2, -0.15) is 4.31 Å². The molecule has 0 aliphatic carbocycles. The van der Waals surface area contributed by atoms with Crippen LogP contribution in [-0.2, 0) is 16.6 Å². The lowest BCUT2D eigenvalue weighted by Gasteiger charge is -2.34. The number of methoxy groups -OCH3 is 2. The highest BCUT2D eigenvalue weighted by Gasteiger charge is 2.31. The van der Waals surface area contributed by atoms with Crippen molar-refractivity contribution in [2.45, 2.75) is 11.4 Å². The molecule has 3 rings (SSSR count). The quantitative estimate of drug-likeness (QED) is 0.679. The molecule has 146 valence electrons. The zero-order valence-corrected chi connectivity index (χ0v) is 16.8. The van der Waals surface area contributed by atoms with Gasteiger partial charge in [-0.05, 0) is 18.2 Å². The summed E-state index contributed by atoms with van der Waals surface area (Å²) in [4.78, 5) is 6.36. The Balaban J connectivity index is 1.73. The van der Waals surface area contributed by atoms with Gasteiger partial charge in [-0.3, -0.25) is 4.90 Å². The van der Waals surface area contributed by atoms with Crippen LogP contribution in [0.25, 0.3) is 0 Å². The molecule has 7 nitrogen and oxygen atoms in total. The van der Waals surface area contributed by atoms with E-state index >= 15 is 0 Å². The van der Waals surface area contributed by atoms with Crippen molar-refractivity contribution in [3.05, 3.63) is 47.2 Å². The van der Waals surface area contributed by atoms with Gasteiger partial charge in [0.15, 0.2) is 0 Å². The standard InChI is InChI=1S/C18H22ClN3O4S/c1-25-15-5-6-16(26-2)17(12-15)27(23,24)22-10-8-21(9-11-22)13-14-4-3-7-20-18(14)19/h3-7,12H,8-11,13H2,1-2H3. The van der Waals surface area contributed by atoms with Gasteiger partial charge in [0.2, 0.25) is 10.0 Å². The van der Waals surface area contributed by atoms with Gasteiger partial charge >= 0.3 is 0 Å². The molecule has 0 atom stereocenters. The maximum atomic E-state index is 13.1. The molecule has 1 aliphatic heterocycles. The maximum Gasteiger partial charge on any atom is 0.246 e. The zero-order valence-electron chi connectivity index (χ0n) is 15.3. The van der Waals surface area contributed by atoms with Crippen LogP contribution in [0.15, 0.2) is 41.4 Å². The van der Waals surface area contributed by atoms with E-state index < -0.39 is 10.0 Å². The van der Waals surface area contributed by atoms with E-state index in [0.29, 0.717) is 49.4 Å². The van der Waals surface area contributed by atoms with Crippen LogP contribution in [-0.4, -0.2) is 63.0 Å². The number of hydrogen-bond donors (Lipinski definition) is 0. The first-order chi connectivity index (χ1) is 13.0. The number of piperazine rings is 1. The third-order valence-corrected chi connectivity index (χ3v) is 6.81. The van der Waals surface area contributed by atoms with Crippen LogP contribution in [0.3, 0.4) is 0 Å². The van der Waals surface area contributed by atoms with Crippen molar-refractivity contribution in [2.24, 2.45) is 0 Å². The van der Waals surface area contributed by atoms with E-state index in [9.17, 15) is 8.42 Å². The van der Waals surface area contributed by atoms with Gasteiger partial charge in [-0.1, -0.05) is 17.7 Å². The molecule has 9 heteroatoms. The van der Waals surface area contributed by atoms with Crippen molar-refractivity contribution >= 4 is 21.6 Å². The molecule has 1 aliphatic rings. The summed E-state index contributed by atoms with van der Waals surface area (Å²) in [5.41, 5.74) is 0.935. The van der Waals surface area contributed by atoms with E-state index in [0.717, 1.165) is 5.56 Å². The van der Waals surface area contributed by atoms with Gasteiger partial charge in [0.05, 0.1) is 14.2 Å². The van der Waals surface area contributed by atoms with E-state index in [1.807, 2.05) is 12.1 Å². The lowest BCUT2D eigenvalue weighted by molar-refractivity contribution is 0.181. The molecule has 2 heterocycles. The molecule has 1 saturated heterocycles. The fourth-order valence-electron chi connectivity index (χ4n) is 3.03. The second-order valence-corrected chi connectivity index (χ2v) is 8.41. The summed E-state index contributed by atoms with van der Waals surface area (Å²) < 4.78 is 38.1. The van der Waals surface area contributed by atoms with Crippen LogP contribution in [0.4, 0.5) is 0 Å². The Morgan fingerprint density at radius 3 is 2.48 bits per heavy atom. The highest BCUT2D eigenvalue weighted by Crippen LogP contribution is 2.31. The first kappa shape index (κ1) is 19.9. The lowest BCUT2D eigenvalue weighted by atomic mass is 10.2. The number of ether oxygens (including phenoxy) is 2. The van der Waals surface area contributed by atoms with Crippen LogP contribution in [0.1, 0.15) is 5.56 Å². The van der Waals surface area contributed by atoms with Crippen molar-refractivity contribution in [3.63, 3.8) is 0 Å². The number of benzene rings is 1. The second kappa shape index (κ2) is 8.43. The van der Waals surface area contributed by atoms with E-state index in [-0.39, 0.29) is 4.90 Å². The van der Waals surface area contributed by atoms with E-state index in [4.69, 9.17) is 21.1 Å². The van der Waals surface area contributed by atoms with Crippen LogP contribution in [0.2, 0.25) is 5.15 Å². The van der Waals surface area contributed by atoms with Gasteiger partial charge in [0.1, 0.15) is 21.5 Å². The smallest absolute Gasteiger partial charge is 0.246 e. The summed E-state index contributed by atoms with van der Waals surface area (Å²) in [5.74, 6) is 0.777. The SMILES string of the molecule is COc1ccc(OC)c(S(=O)(=O)N2CCN(Cc3cccnc3Cl)CC2)c1. The number of hydrogen-bond acceptors (Lipinski definition) is 6. The molecule has 0 spiro atoms. The molecule has 0 bridgehead atoms. The van der Waals surface area contributed by atoms with Crippen LogP contribution in [0.5, 0.6) is 11.5 Å². The van der Waals surface area contributed by atoms with Gasteiger partial charge in [0, 0.05) is 50.6 Å². The van der Waals surface area contributed by atoms with Gasteiger partial charge < -0.3 is 9.47 Å². The Bertz CT molecular complexity index is 899. The third-order valence-electron chi connectivity index (χ3n) is 4.55. The fourth-order valence-corrected chi connectivity index (χ4v) is 4.80. The lowest BCUT2D eigenvalue weighted by Crippen LogP contribution is -2.48. The van der Waals surface area contributed by atoms with Gasteiger partial charge in [0.25, 0.3) is 0 Å². The van der Waals surface area contributed by atoms with Gasteiger partial charge in [-0.15, -0.1) is 0 Å². The van der Waals surface area contributed by atoms with E-state index in [1.165, 1.54) is 24.6 Å². The maximum absolute atomic E-state index is 13.1. The average Bonchev–Trinajstić information content (AvgIpc) is 2.69. The molecule has 0 radical (unpaired) electrons. The second-order valence-electron chi connectivity index (χ2n) is 6.15. The number of sulfonamides is 1. The molecule has 0 saturated carbocycles.